The maximum atomic E-state index is 9.15. The Morgan fingerprint density at radius 2 is 2.06 bits per heavy atom. The van der Waals surface area contributed by atoms with E-state index in [9.17, 15) is 0 Å². The summed E-state index contributed by atoms with van der Waals surface area (Å²) in [5.41, 5.74) is 7.34. The number of benzene rings is 1. The minimum atomic E-state index is 0.0451. The zero-order valence-corrected chi connectivity index (χ0v) is 10.7. The minimum Gasteiger partial charge on any atom is -0.491 e. The van der Waals surface area contributed by atoms with Crippen LogP contribution in [0.1, 0.15) is 27.2 Å². The molecule has 0 aromatic heterocycles. The molecular formula is C13H22N2O2. The van der Waals surface area contributed by atoms with Crippen molar-refractivity contribution in [3.05, 3.63) is 18.2 Å². The van der Waals surface area contributed by atoms with Gasteiger partial charge >= 0.3 is 0 Å². The Balaban J connectivity index is 2.81. The van der Waals surface area contributed by atoms with E-state index in [0.29, 0.717) is 5.69 Å². The third kappa shape index (κ3) is 4.53. The molecule has 0 aliphatic carbocycles. The second kappa shape index (κ2) is 6.35. The third-order valence-corrected chi connectivity index (χ3v) is 2.38. The van der Waals surface area contributed by atoms with Crippen LogP contribution >= 0.6 is 0 Å². The molecule has 0 spiro atoms. The molecule has 0 fully saturated rings. The summed E-state index contributed by atoms with van der Waals surface area (Å²) in [5, 5.41) is 12.4. The Morgan fingerprint density at radius 1 is 1.35 bits per heavy atom. The molecule has 0 amide bonds. The van der Waals surface area contributed by atoms with Crippen molar-refractivity contribution in [2.45, 2.75) is 39.3 Å². The molecule has 0 aliphatic rings. The Kier molecular flexibility index (Phi) is 5.10. The first-order valence-corrected chi connectivity index (χ1v) is 5.99. The molecule has 0 bridgehead atoms. The lowest BCUT2D eigenvalue weighted by atomic mass is 10.2. The summed E-state index contributed by atoms with van der Waals surface area (Å²) in [5.74, 6) is 0.746. The Labute approximate surface area is 103 Å². The van der Waals surface area contributed by atoms with E-state index in [1.807, 2.05) is 32.9 Å². The van der Waals surface area contributed by atoms with Gasteiger partial charge in [-0.05, 0) is 26.3 Å². The fourth-order valence-corrected chi connectivity index (χ4v) is 1.56. The molecule has 4 N–H and O–H groups in total. The van der Waals surface area contributed by atoms with Gasteiger partial charge in [0.05, 0.1) is 12.7 Å². The summed E-state index contributed by atoms with van der Waals surface area (Å²) in [6.45, 7) is 6.06. The van der Waals surface area contributed by atoms with E-state index in [4.69, 9.17) is 15.6 Å². The van der Waals surface area contributed by atoms with Gasteiger partial charge in [-0.2, -0.15) is 0 Å². The van der Waals surface area contributed by atoms with E-state index in [1.54, 1.807) is 6.07 Å². The second-order valence-corrected chi connectivity index (χ2v) is 4.39. The highest BCUT2D eigenvalue weighted by atomic mass is 16.5. The quantitative estimate of drug-likeness (QED) is 0.665. The minimum absolute atomic E-state index is 0.0451. The maximum Gasteiger partial charge on any atom is 0.123 e. The van der Waals surface area contributed by atoms with Gasteiger partial charge in [0.25, 0.3) is 0 Å². The molecule has 1 aromatic carbocycles. The van der Waals surface area contributed by atoms with Crippen molar-refractivity contribution in [1.29, 1.82) is 0 Å². The summed E-state index contributed by atoms with van der Waals surface area (Å²) in [4.78, 5) is 0. The Hall–Kier alpha value is -1.42. The Bertz CT molecular complexity index is 349. The molecule has 1 unspecified atom stereocenters. The Morgan fingerprint density at radius 3 is 2.59 bits per heavy atom. The van der Waals surface area contributed by atoms with Crippen LogP contribution in [0.15, 0.2) is 18.2 Å². The number of aliphatic hydroxyl groups excluding tert-OH is 1. The molecule has 17 heavy (non-hydrogen) atoms. The van der Waals surface area contributed by atoms with Crippen LogP contribution in [0.2, 0.25) is 0 Å². The lowest BCUT2D eigenvalue weighted by Gasteiger charge is -2.17. The van der Waals surface area contributed by atoms with E-state index >= 15 is 0 Å². The van der Waals surface area contributed by atoms with Gasteiger partial charge in [-0.3, -0.25) is 0 Å². The van der Waals surface area contributed by atoms with Crippen LogP contribution in [0.25, 0.3) is 0 Å². The number of hydrogen-bond acceptors (Lipinski definition) is 4. The van der Waals surface area contributed by atoms with Crippen molar-refractivity contribution in [3.8, 4) is 5.75 Å². The lowest BCUT2D eigenvalue weighted by Crippen LogP contribution is -2.22. The number of hydrogen-bond donors (Lipinski definition) is 3. The SMILES string of the molecule is CCC(CO)Nc1cc(N)cc(OC(C)C)c1. The summed E-state index contributed by atoms with van der Waals surface area (Å²) >= 11 is 0. The van der Waals surface area contributed by atoms with E-state index in [2.05, 4.69) is 5.32 Å². The zero-order valence-electron chi connectivity index (χ0n) is 10.7. The van der Waals surface area contributed by atoms with Crippen LogP contribution in [-0.4, -0.2) is 23.9 Å². The van der Waals surface area contributed by atoms with Crippen LogP contribution < -0.4 is 15.8 Å². The fourth-order valence-electron chi connectivity index (χ4n) is 1.56. The second-order valence-electron chi connectivity index (χ2n) is 4.39. The summed E-state index contributed by atoms with van der Waals surface area (Å²) in [6.07, 6.45) is 0.968. The van der Waals surface area contributed by atoms with Gasteiger partial charge in [-0.15, -0.1) is 0 Å². The van der Waals surface area contributed by atoms with Crippen molar-refractivity contribution in [1.82, 2.24) is 0 Å². The van der Waals surface area contributed by atoms with Gasteiger partial charge in [0.2, 0.25) is 0 Å². The number of anilines is 2. The van der Waals surface area contributed by atoms with Gasteiger partial charge in [0, 0.05) is 29.5 Å². The summed E-state index contributed by atoms with van der Waals surface area (Å²) < 4.78 is 5.60. The molecule has 4 heteroatoms. The molecule has 0 radical (unpaired) electrons. The van der Waals surface area contributed by atoms with Crippen molar-refractivity contribution >= 4 is 11.4 Å². The molecule has 1 rings (SSSR count). The first kappa shape index (κ1) is 13.6. The molecule has 0 heterocycles. The van der Waals surface area contributed by atoms with E-state index in [1.165, 1.54) is 0 Å². The van der Waals surface area contributed by atoms with E-state index in [-0.39, 0.29) is 18.8 Å². The van der Waals surface area contributed by atoms with E-state index in [0.717, 1.165) is 17.9 Å². The van der Waals surface area contributed by atoms with Gasteiger partial charge < -0.3 is 20.9 Å². The number of aliphatic hydroxyl groups is 1. The number of nitrogen functional groups attached to an aromatic ring is 1. The van der Waals surface area contributed by atoms with Crippen molar-refractivity contribution in [2.75, 3.05) is 17.7 Å². The van der Waals surface area contributed by atoms with E-state index < -0.39 is 0 Å². The topological polar surface area (TPSA) is 67.5 Å². The predicted octanol–water partition coefficient (Wildman–Crippen LogP) is 2.24. The molecule has 4 nitrogen and oxygen atoms in total. The smallest absolute Gasteiger partial charge is 0.123 e. The first-order valence-electron chi connectivity index (χ1n) is 5.99. The van der Waals surface area contributed by atoms with Crippen LogP contribution in [-0.2, 0) is 0 Å². The highest BCUT2D eigenvalue weighted by Gasteiger charge is 2.07. The summed E-state index contributed by atoms with van der Waals surface area (Å²) in [7, 11) is 0. The highest BCUT2D eigenvalue weighted by molar-refractivity contribution is 5.59. The molecular weight excluding hydrogens is 216 g/mol. The number of ether oxygens (including phenoxy) is 1. The predicted molar refractivity (Wildman–Crippen MR) is 71.4 cm³/mol. The van der Waals surface area contributed by atoms with Crippen LogP contribution in [0.3, 0.4) is 0 Å². The molecule has 1 aromatic rings. The number of rotatable bonds is 6. The largest absolute Gasteiger partial charge is 0.491 e. The zero-order chi connectivity index (χ0) is 12.8. The van der Waals surface area contributed by atoms with Gasteiger partial charge in [0.1, 0.15) is 5.75 Å². The van der Waals surface area contributed by atoms with Crippen molar-refractivity contribution in [3.63, 3.8) is 0 Å². The van der Waals surface area contributed by atoms with Gasteiger partial charge in [0.15, 0.2) is 0 Å². The van der Waals surface area contributed by atoms with Crippen LogP contribution in [0, 0.1) is 0 Å². The van der Waals surface area contributed by atoms with Crippen molar-refractivity contribution < 1.29 is 9.84 Å². The molecule has 0 saturated carbocycles. The molecule has 96 valence electrons. The number of nitrogens with one attached hydrogen (secondary N) is 1. The first-order chi connectivity index (χ1) is 8.05. The average molecular weight is 238 g/mol. The fraction of sp³-hybridized carbons (Fsp3) is 0.538. The van der Waals surface area contributed by atoms with Crippen LogP contribution in [0.4, 0.5) is 11.4 Å². The third-order valence-electron chi connectivity index (χ3n) is 2.38. The number of nitrogens with two attached hydrogens (primary N) is 1. The van der Waals surface area contributed by atoms with Crippen molar-refractivity contribution in [2.24, 2.45) is 0 Å². The van der Waals surface area contributed by atoms with Crippen LogP contribution in [0.5, 0.6) is 5.75 Å². The molecule has 0 saturated heterocycles. The summed E-state index contributed by atoms with van der Waals surface area (Å²) in [6, 6.07) is 5.58. The monoisotopic (exact) mass is 238 g/mol. The van der Waals surface area contributed by atoms with Gasteiger partial charge in [-0.1, -0.05) is 6.92 Å². The standard InChI is InChI=1S/C13H22N2O2/c1-4-11(8-16)15-12-5-10(14)6-13(7-12)17-9(2)3/h5-7,9,11,15-16H,4,8,14H2,1-3H3. The highest BCUT2D eigenvalue weighted by Crippen LogP contribution is 2.24. The maximum absolute atomic E-state index is 9.15. The van der Waals surface area contributed by atoms with Gasteiger partial charge in [-0.25, -0.2) is 0 Å². The normalized spacial score (nSPS) is 12.5. The average Bonchev–Trinajstić information content (AvgIpc) is 2.24. The lowest BCUT2D eigenvalue weighted by molar-refractivity contribution is 0.242. The molecule has 1 atom stereocenters. The molecule has 0 aliphatic heterocycles.